The molecule has 1 aromatic rings. The molecular weight excluding hydrogens is 191 g/mol. The van der Waals surface area contributed by atoms with Crippen molar-refractivity contribution < 1.29 is 9.50 Å². The largest absolute Gasteiger partial charge is 0.384 e. The summed E-state index contributed by atoms with van der Waals surface area (Å²) in [7, 11) is 0. The molecule has 0 aliphatic heterocycles. The van der Waals surface area contributed by atoms with E-state index in [1.807, 2.05) is 6.92 Å². The fourth-order valence-electron chi connectivity index (χ4n) is 2.05. The lowest BCUT2D eigenvalue weighted by Crippen LogP contribution is -2.02. The van der Waals surface area contributed by atoms with E-state index >= 15 is 0 Å². The van der Waals surface area contributed by atoms with Crippen LogP contribution in [0.15, 0.2) is 29.8 Å². The van der Waals surface area contributed by atoms with Crippen molar-refractivity contribution in [3.05, 3.63) is 46.8 Å². The average Bonchev–Trinajstić information content (AvgIpc) is 2.74. The maximum atomic E-state index is 13.1. The standard InChI is InChI=1S/C13H15FO/c1-9-6-7-11(14)8-12(9)13(15)10-4-2-3-5-10/h4,6-8,13,15H,2-3,5H2,1H3. The van der Waals surface area contributed by atoms with Gasteiger partial charge < -0.3 is 5.11 Å². The van der Waals surface area contributed by atoms with E-state index in [-0.39, 0.29) is 5.82 Å². The van der Waals surface area contributed by atoms with Gasteiger partial charge in [0.05, 0.1) is 0 Å². The minimum absolute atomic E-state index is 0.284. The molecular formula is C13H15FO. The van der Waals surface area contributed by atoms with Gasteiger partial charge in [-0.05, 0) is 55.0 Å². The maximum absolute atomic E-state index is 13.1. The smallest absolute Gasteiger partial charge is 0.123 e. The number of hydrogen-bond acceptors (Lipinski definition) is 1. The molecule has 1 aliphatic rings. The summed E-state index contributed by atoms with van der Waals surface area (Å²) in [5.74, 6) is -0.284. The van der Waals surface area contributed by atoms with Crippen molar-refractivity contribution in [2.75, 3.05) is 0 Å². The number of benzene rings is 1. The maximum Gasteiger partial charge on any atom is 0.123 e. The quantitative estimate of drug-likeness (QED) is 0.736. The Morgan fingerprint density at radius 1 is 1.40 bits per heavy atom. The second-order valence-corrected chi connectivity index (χ2v) is 4.07. The first-order valence-corrected chi connectivity index (χ1v) is 5.31. The molecule has 1 nitrogen and oxygen atoms in total. The highest BCUT2D eigenvalue weighted by atomic mass is 19.1. The lowest BCUT2D eigenvalue weighted by molar-refractivity contribution is 0.211. The highest BCUT2D eigenvalue weighted by molar-refractivity contribution is 5.34. The number of allylic oxidation sites excluding steroid dienone is 1. The molecule has 0 fully saturated rings. The van der Waals surface area contributed by atoms with E-state index in [9.17, 15) is 9.50 Å². The van der Waals surface area contributed by atoms with Gasteiger partial charge in [0.25, 0.3) is 0 Å². The summed E-state index contributed by atoms with van der Waals surface area (Å²) >= 11 is 0. The SMILES string of the molecule is Cc1ccc(F)cc1C(O)C1=CCCC1. The molecule has 0 aromatic heterocycles. The van der Waals surface area contributed by atoms with E-state index in [0.717, 1.165) is 30.4 Å². The fraction of sp³-hybridized carbons (Fsp3) is 0.385. The molecule has 0 amide bonds. The fourth-order valence-corrected chi connectivity index (χ4v) is 2.05. The number of hydrogen-bond donors (Lipinski definition) is 1. The van der Waals surface area contributed by atoms with E-state index in [4.69, 9.17) is 0 Å². The van der Waals surface area contributed by atoms with Crippen LogP contribution in [-0.2, 0) is 0 Å². The first-order chi connectivity index (χ1) is 7.18. The first-order valence-electron chi connectivity index (χ1n) is 5.31. The molecule has 0 spiro atoms. The molecule has 0 heterocycles. The van der Waals surface area contributed by atoms with Crippen LogP contribution in [0.4, 0.5) is 4.39 Å². The average molecular weight is 206 g/mol. The van der Waals surface area contributed by atoms with Crippen LogP contribution in [0.25, 0.3) is 0 Å². The summed E-state index contributed by atoms with van der Waals surface area (Å²) in [5, 5.41) is 10.1. The van der Waals surface area contributed by atoms with Gasteiger partial charge in [0, 0.05) is 0 Å². The van der Waals surface area contributed by atoms with E-state index in [1.165, 1.54) is 12.1 Å². The number of rotatable bonds is 2. The molecule has 80 valence electrons. The van der Waals surface area contributed by atoms with Crippen LogP contribution in [0.5, 0.6) is 0 Å². The zero-order valence-corrected chi connectivity index (χ0v) is 8.83. The van der Waals surface area contributed by atoms with Crippen molar-refractivity contribution in [2.45, 2.75) is 32.3 Å². The van der Waals surface area contributed by atoms with Crippen molar-refractivity contribution in [3.63, 3.8) is 0 Å². The summed E-state index contributed by atoms with van der Waals surface area (Å²) in [5.41, 5.74) is 2.67. The molecule has 1 atom stereocenters. The molecule has 2 heteroatoms. The van der Waals surface area contributed by atoms with Crippen molar-refractivity contribution in [3.8, 4) is 0 Å². The Morgan fingerprint density at radius 3 is 2.87 bits per heavy atom. The zero-order chi connectivity index (χ0) is 10.8. The third-order valence-electron chi connectivity index (χ3n) is 2.96. The molecule has 0 saturated heterocycles. The van der Waals surface area contributed by atoms with Gasteiger partial charge in [-0.2, -0.15) is 0 Å². The van der Waals surface area contributed by atoms with Gasteiger partial charge >= 0.3 is 0 Å². The Hall–Kier alpha value is -1.15. The molecule has 15 heavy (non-hydrogen) atoms. The van der Waals surface area contributed by atoms with Crippen LogP contribution < -0.4 is 0 Å². The van der Waals surface area contributed by atoms with Crippen LogP contribution in [0.3, 0.4) is 0 Å². The van der Waals surface area contributed by atoms with Crippen molar-refractivity contribution in [1.82, 2.24) is 0 Å². The van der Waals surface area contributed by atoms with Crippen LogP contribution >= 0.6 is 0 Å². The highest BCUT2D eigenvalue weighted by Crippen LogP contribution is 2.32. The lowest BCUT2D eigenvalue weighted by atomic mass is 9.97. The van der Waals surface area contributed by atoms with Gasteiger partial charge in [0.15, 0.2) is 0 Å². The molecule has 1 aliphatic carbocycles. The molecule has 1 N–H and O–H groups in total. The van der Waals surface area contributed by atoms with Crippen molar-refractivity contribution in [1.29, 1.82) is 0 Å². The summed E-state index contributed by atoms with van der Waals surface area (Å²) in [6.45, 7) is 1.90. The van der Waals surface area contributed by atoms with E-state index in [2.05, 4.69) is 6.08 Å². The van der Waals surface area contributed by atoms with Crippen LogP contribution in [0.1, 0.15) is 36.5 Å². The normalized spacial score (nSPS) is 17.7. The number of aryl methyl sites for hydroxylation is 1. The topological polar surface area (TPSA) is 20.2 Å². The van der Waals surface area contributed by atoms with Gasteiger partial charge in [-0.3, -0.25) is 0 Å². The number of aliphatic hydroxyl groups excluding tert-OH is 1. The third kappa shape index (κ3) is 2.10. The van der Waals surface area contributed by atoms with Crippen molar-refractivity contribution >= 4 is 0 Å². The second-order valence-electron chi connectivity index (χ2n) is 4.07. The van der Waals surface area contributed by atoms with E-state index in [0.29, 0.717) is 5.56 Å². The first kappa shape index (κ1) is 10.4. The minimum Gasteiger partial charge on any atom is -0.384 e. The summed E-state index contributed by atoms with van der Waals surface area (Å²) in [6, 6.07) is 4.57. The molecule has 0 bridgehead atoms. The predicted molar refractivity (Wildman–Crippen MR) is 58.0 cm³/mol. The molecule has 1 aromatic carbocycles. The van der Waals surface area contributed by atoms with Gasteiger partial charge in [-0.1, -0.05) is 12.1 Å². The van der Waals surface area contributed by atoms with Crippen LogP contribution in [0, 0.1) is 12.7 Å². The second kappa shape index (κ2) is 4.15. The zero-order valence-electron chi connectivity index (χ0n) is 8.83. The highest BCUT2D eigenvalue weighted by Gasteiger charge is 2.18. The van der Waals surface area contributed by atoms with Crippen LogP contribution in [-0.4, -0.2) is 5.11 Å². The molecule has 1 unspecified atom stereocenters. The summed E-state index contributed by atoms with van der Waals surface area (Å²) in [6.07, 6.45) is 4.50. The van der Waals surface area contributed by atoms with Gasteiger partial charge in [-0.15, -0.1) is 0 Å². The number of aliphatic hydroxyl groups is 1. The molecule has 0 radical (unpaired) electrons. The van der Waals surface area contributed by atoms with E-state index < -0.39 is 6.10 Å². The minimum atomic E-state index is -0.622. The monoisotopic (exact) mass is 206 g/mol. The Kier molecular flexibility index (Phi) is 2.87. The summed E-state index contributed by atoms with van der Waals surface area (Å²) in [4.78, 5) is 0. The Balaban J connectivity index is 2.31. The Morgan fingerprint density at radius 2 is 2.20 bits per heavy atom. The third-order valence-corrected chi connectivity index (χ3v) is 2.96. The Bertz CT molecular complexity index is 396. The Labute approximate surface area is 89.3 Å². The van der Waals surface area contributed by atoms with Gasteiger partial charge in [0.2, 0.25) is 0 Å². The van der Waals surface area contributed by atoms with Crippen molar-refractivity contribution in [2.24, 2.45) is 0 Å². The van der Waals surface area contributed by atoms with E-state index in [1.54, 1.807) is 6.07 Å². The summed E-state index contributed by atoms with van der Waals surface area (Å²) < 4.78 is 13.1. The molecule has 0 saturated carbocycles. The van der Waals surface area contributed by atoms with Crippen LogP contribution in [0.2, 0.25) is 0 Å². The predicted octanol–water partition coefficient (Wildman–Crippen LogP) is 3.28. The lowest BCUT2D eigenvalue weighted by Gasteiger charge is -2.15. The van der Waals surface area contributed by atoms with Gasteiger partial charge in [-0.25, -0.2) is 4.39 Å². The number of halogens is 1. The molecule has 2 rings (SSSR count). The van der Waals surface area contributed by atoms with Gasteiger partial charge in [0.1, 0.15) is 11.9 Å².